The number of anilines is 1. The molecular formula is C23H32N4O3S. The van der Waals surface area contributed by atoms with Crippen molar-refractivity contribution in [3.05, 3.63) is 23.1 Å². The van der Waals surface area contributed by atoms with E-state index in [1.54, 1.807) is 31.5 Å². The van der Waals surface area contributed by atoms with Gasteiger partial charge in [-0.15, -0.1) is 11.3 Å². The molecule has 31 heavy (non-hydrogen) atoms. The molecule has 3 aromatic heterocycles. The highest BCUT2D eigenvalue weighted by Crippen LogP contribution is 2.43. The second kappa shape index (κ2) is 8.24. The summed E-state index contributed by atoms with van der Waals surface area (Å²) in [6, 6.07) is 0. The van der Waals surface area contributed by atoms with Crippen LogP contribution in [-0.2, 0) is 17.8 Å². The van der Waals surface area contributed by atoms with Crippen LogP contribution >= 0.6 is 11.3 Å². The van der Waals surface area contributed by atoms with Gasteiger partial charge in [0, 0.05) is 30.5 Å². The van der Waals surface area contributed by atoms with Crippen LogP contribution in [0.3, 0.4) is 0 Å². The van der Waals surface area contributed by atoms with Crippen molar-refractivity contribution in [2.45, 2.75) is 78.3 Å². The van der Waals surface area contributed by atoms with Gasteiger partial charge in [-0.1, -0.05) is 13.8 Å². The van der Waals surface area contributed by atoms with E-state index in [0.29, 0.717) is 25.6 Å². The van der Waals surface area contributed by atoms with Crippen molar-refractivity contribution < 1.29 is 14.9 Å². The second-order valence-corrected chi connectivity index (χ2v) is 10.6. The van der Waals surface area contributed by atoms with Crippen LogP contribution < -0.4 is 4.90 Å². The molecule has 0 amide bonds. The Morgan fingerprint density at radius 2 is 1.77 bits per heavy atom. The van der Waals surface area contributed by atoms with Crippen molar-refractivity contribution in [3.63, 3.8) is 0 Å². The summed E-state index contributed by atoms with van der Waals surface area (Å²) in [6.45, 7) is 13.4. The summed E-state index contributed by atoms with van der Waals surface area (Å²) >= 11 is 1.59. The van der Waals surface area contributed by atoms with E-state index in [0.717, 1.165) is 38.4 Å². The molecule has 4 heterocycles. The van der Waals surface area contributed by atoms with Gasteiger partial charge in [0.2, 0.25) is 0 Å². The molecule has 3 aromatic rings. The van der Waals surface area contributed by atoms with E-state index in [2.05, 4.69) is 37.7 Å². The van der Waals surface area contributed by atoms with Crippen LogP contribution in [0.2, 0.25) is 0 Å². The van der Waals surface area contributed by atoms with Gasteiger partial charge in [-0.25, -0.2) is 15.0 Å². The van der Waals surface area contributed by atoms with Crippen LogP contribution in [0.4, 0.5) is 5.82 Å². The molecule has 0 saturated carbocycles. The van der Waals surface area contributed by atoms with Gasteiger partial charge < -0.3 is 19.8 Å². The highest BCUT2D eigenvalue weighted by Gasteiger charge is 2.32. The Morgan fingerprint density at radius 3 is 2.39 bits per heavy atom. The minimum absolute atomic E-state index is 0.246. The lowest BCUT2D eigenvalue weighted by molar-refractivity contribution is -0.0402. The Kier molecular flexibility index (Phi) is 5.93. The number of aliphatic hydroxyl groups excluding tert-OH is 2. The second-order valence-electron chi connectivity index (χ2n) is 9.59. The van der Waals surface area contributed by atoms with Gasteiger partial charge >= 0.3 is 0 Å². The normalized spacial score (nSPS) is 17.8. The number of hydrogen-bond acceptors (Lipinski definition) is 8. The van der Waals surface area contributed by atoms with Crippen LogP contribution in [0.5, 0.6) is 0 Å². The Hall–Kier alpha value is -1.87. The van der Waals surface area contributed by atoms with E-state index >= 15 is 0 Å². The summed E-state index contributed by atoms with van der Waals surface area (Å²) in [6.07, 6.45) is 1.29. The maximum Gasteiger partial charge on any atom is 0.150 e. The SMILES string of the molecule is CC(C)c1nc2sc3c(N(C[C@H](C)O)C[C@@H](C)O)ncnc3c2c2c1COC(C)(C)C2. The van der Waals surface area contributed by atoms with Crippen LogP contribution in [0.1, 0.15) is 64.3 Å². The van der Waals surface area contributed by atoms with Crippen LogP contribution in [0.15, 0.2) is 6.33 Å². The van der Waals surface area contributed by atoms with Crippen molar-refractivity contribution in [2.75, 3.05) is 18.0 Å². The van der Waals surface area contributed by atoms with Crippen molar-refractivity contribution in [3.8, 4) is 0 Å². The predicted octanol–water partition coefficient (Wildman–Crippen LogP) is 3.78. The largest absolute Gasteiger partial charge is 0.392 e. The first-order valence-corrected chi connectivity index (χ1v) is 11.7. The number of rotatable bonds is 6. The van der Waals surface area contributed by atoms with Gasteiger partial charge in [0.15, 0.2) is 0 Å². The lowest BCUT2D eigenvalue weighted by atomic mass is 9.87. The summed E-state index contributed by atoms with van der Waals surface area (Å²) in [7, 11) is 0. The molecular weight excluding hydrogens is 412 g/mol. The Morgan fingerprint density at radius 1 is 1.10 bits per heavy atom. The number of fused-ring (bicyclic) bond motifs is 5. The fourth-order valence-electron chi connectivity index (χ4n) is 4.41. The van der Waals surface area contributed by atoms with E-state index in [1.165, 1.54) is 11.1 Å². The van der Waals surface area contributed by atoms with Gasteiger partial charge in [0.1, 0.15) is 17.0 Å². The van der Waals surface area contributed by atoms with E-state index < -0.39 is 12.2 Å². The van der Waals surface area contributed by atoms with E-state index in [1.807, 2.05) is 4.90 Å². The Balaban J connectivity index is 1.99. The molecule has 0 saturated heterocycles. The average Bonchev–Trinajstić information content (AvgIpc) is 3.04. The minimum atomic E-state index is -0.547. The molecule has 168 valence electrons. The summed E-state index contributed by atoms with van der Waals surface area (Å²) < 4.78 is 7.08. The van der Waals surface area contributed by atoms with Gasteiger partial charge in [0.05, 0.1) is 40.3 Å². The number of thiophene rings is 1. The number of nitrogens with zero attached hydrogens (tertiary/aromatic N) is 4. The topological polar surface area (TPSA) is 91.6 Å². The standard InChI is InChI=1S/C23H32N4O3S/c1-12(2)18-16-10-30-23(5,6)7-15(16)17-19-20(31-22(17)26-18)21(25-11-24-19)27(8-13(3)28)9-14(4)29/h11-14,28-29H,7-10H2,1-6H3/t13-,14+. The van der Waals surface area contributed by atoms with Gasteiger partial charge in [0.25, 0.3) is 0 Å². The molecule has 2 N–H and O–H groups in total. The maximum absolute atomic E-state index is 10.0. The lowest BCUT2D eigenvalue weighted by Gasteiger charge is -2.33. The molecule has 0 radical (unpaired) electrons. The van der Waals surface area contributed by atoms with Crippen molar-refractivity contribution in [1.82, 2.24) is 15.0 Å². The van der Waals surface area contributed by atoms with E-state index in [-0.39, 0.29) is 5.60 Å². The van der Waals surface area contributed by atoms with E-state index in [4.69, 9.17) is 9.72 Å². The van der Waals surface area contributed by atoms with Crippen LogP contribution in [0.25, 0.3) is 20.4 Å². The highest BCUT2D eigenvalue weighted by molar-refractivity contribution is 7.26. The van der Waals surface area contributed by atoms with Gasteiger partial charge in [-0.3, -0.25) is 0 Å². The van der Waals surface area contributed by atoms with Crippen LogP contribution in [0, 0.1) is 0 Å². The van der Waals surface area contributed by atoms with Gasteiger partial charge in [-0.2, -0.15) is 0 Å². The molecule has 1 aliphatic heterocycles. The third-order valence-corrected chi connectivity index (χ3v) is 6.73. The molecule has 0 unspecified atom stereocenters. The number of hydrogen-bond donors (Lipinski definition) is 2. The maximum atomic E-state index is 10.0. The van der Waals surface area contributed by atoms with E-state index in [9.17, 15) is 10.2 Å². The number of aliphatic hydroxyl groups is 2. The van der Waals surface area contributed by atoms with Crippen LogP contribution in [-0.4, -0.2) is 56.1 Å². The van der Waals surface area contributed by atoms with Crippen molar-refractivity contribution >= 4 is 37.6 Å². The monoisotopic (exact) mass is 444 g/mol. The highest BCUT2D eigenvalue weighted by atomic mass is 32.1. The lowest BCUT2D eigenvalue weighted by Crippen LogP contribution is -2.37. The third kappa shape index (κ3) is 4.26. The molecule has 0 bridgehead atoms. The Labute approximate surface area is 187 Å². The third-order valence-electron chi connectivity index (χ3n) is 5.66. The molecule has 0 aliphatic carbocycles. The first-order valence-electron chi connectivity index (χ1n) is 10.9. The summed E-state index contributed by atoms with van der Waals surface area (Å²) in [5.41, 5.74) is 4.20. The van der Waals surface area contributed by atoms with Gasteiger partial charge in [-0.05, 0) is 39.2 Å². The zero-order chi connectivity index (χ0) is 22.5. The molecule has 0 spiro atoms. The van der Waals surface area contributed by atoms with Crippen molar-refractivity contribution in [2.24, 2.45) is 0 Å². The molecule has 0 aromatic carbocycles. The first kappa shape index (κ1) is 22.3. The predicted molar refractivity (Wildman–Crippen MR) is 125 cm³/mol. The first-order chi connectivity index (χ1) is 14.6. The quantitative estimate of drug-likeness (QED) is 0.598. The fraction of sp³-hybridized carbons (Fsp3) is 0.609. The summed E-state index contributed by atoms with van der Waals surface area (Å²) in [5.74, 6) is 1.03. The molecule has 1 aliphatic rings. The number of pyridine rings is 1. The number of aromatic nitrogens is 3. The molecule has 4 rings (SSSR count). The summed E-state index contributed by atoms with van der Waals surface area (Å²) in [4.78, 5) is 17.2. The molecule has 2 atom stereocenters. The number of ether oxygens (including phenoxy) is 1. The molecule has 7 nitrogen and oxygen atoms in total. The average molecular weight is 445 g/mol. The minimum Gasteiger partial charge on any atom is -0.392 e. The fourth-order valence-corrected chi connectivity index (χ4v) is 5.59. The summed E-state index contributed by atoms with van der Waals surface area (Å²) in [5, 5.41) is 21.2. The molecule has 8 heteroatoms. The zero-order valence-electron chi connectivity index (χ0n) is 19.1. The Bertz CT molecular complexity index is 1100. The van der Waals surface area contributed by atoms with Crippen molar-refractivity contribution in [1.29, 1.82) is 0 Å². The molecule has 0 fully saturated rings. The zero-order valence-corrected chi connectivity index (χ0v) is 20.0. The smallest absolute Gasteiger partial charge is 0.150 e.